The summed E-state index contributed by atoms with van der Waals surface area (Å²) in [4.78, 5) is 0. The molecule has 2 aliphatic heterocycles. The summed E-state index contributed by atoms with van der Waals surface area (Å²) in [6, 6.07) is 30.7. The van der Waals surface area contributed by atoms with Crippen molar-refractivity contribution >= 4 is 30.7 Å². The largest absolute Gasteiger partial charge is 0.0933 e. The molecular formula is C25H25PSi. The highest BCUT2D eigenvalue weighted by atomic mass is 31.2. The minimum absolute atomic E-state index is 0.735. The maximum absolute atomic E-state index is 2.56. The van der Waals surface area contributed by atoms with Crippen LogP contribution in [0.25, 0.3) is 11.1 Å². The lowest BCUT2D eigenvalue weighted by Gasteiger charge is -2.26. The van der Waals surface area contributed by atoms with Crippen LogP contribution in [0.15, 0.2) is 72.8 Å². The van der Waals surface area contributed by atoms with Crippen LogP contribution in [0, 0.1) is 0 Å². The molecule has 0 radical (unpaired) electrons. The van der Waals surface area contributed by atoms with Gasteiger partial charge in [0.15, 0.2) is 0 Å². The van der Waals surface area contributed by atoms with Crippen molar-refractivity contribution in [3.63, 3.8) is 0 Å². The van der Waals surface area contributed by atoms with Crippen LogP contribution < -0.4 is 10.5 Å². The van der Waals surface area contributed by atoms with Crippen molar-refractivity contribution in [2.24, 2.45) is 0 Å². The second-order valence-corrected chi connectivity index (χ2v) is 17.9. The molecule has 0 saturated carbocycles. The van der Waals surface area contributed by atoms with Crippen molar-refractivity contribution in [1.82, 2.24) is 0 Å². The maximum Gasteiger partial charge on any atom is 0.0933 e. The molecule has 0 atom stereocenters. The molecule has 0 N–H and O–H groups in total. The average Bonchev–Trinajstić information content (AvgIpc) is 3.40. The minimum Gasteiger partial charge on any atom is -0.0747 e. The van der Waals surface area contributed by atoms with E-state index in [1.54, 1.807) is 15.8 Å². The predicted octanol–water partition coefficient (Wildman–Crippen LogP) is 5.28. The van der Waals surface area contributed by atoms with Crippen molar-refractivity contribution in [2.45, 2.75) is 24.1 Å². The van der Waals surface area contributed by atoms with E-state index in [2.05, 4.69) is 93.0 Å². The van der Waals surface area contributed by atoms with E-state index >= 15 is 0 Å². The Balaban J connectivity index is 1.68. The van der Waals surface area contributed by atoms with Crippen LogP contribution >= 0.6 is 6.89 Å². The van der Waals surface area contributed by atoms with Gasteiger partial charge in [-0.2, -0.15) is 0 Å². The van der Waals surface area contributed by atoms with Gasteiger partial charge in [-0.3, -0.25) is 0 Å². The standard InChI is InChI=1S/C25H25PSi/c1-25-16-27(25,17-25)23-15-9-8-14-22(23)26(2,3)24-20-12-6-4-10-18(20)19-11-5-7-13-21(19)24/h4-15H,16-17H2,1-3H3. The van der Waals surface area contributed by atoms with Gasteiger partial charge in [-0.05, 0) is 63.3 Å². The molecule has 27 heavy (non-hydrogen) atoms. The third-order valence-corrected chi connectivity index (χ3v) is 17.0. The summed E-state index contributed by atoms with van der Waals surface area (Å²) in [7, 11) is -1.11. The van der Waals surface area contributed by atoms with Gasteiger partial charge in [0.2, 0.25) is 0 Å². The molecular weight excluding hydrogens is 359 g/mol. The number of fused-ring (bicyclic) bond motifs is 4. The van der Waals surface area contributed by atoms with E-state index in [1.807, 2.05) is 0 Å². The van der Waals surface area contributed by atoms with Crippen LogP contribution in [0.3, 0.4) is 0 Å². The summed E-state index contributed by atoms with van der Waals surface area (Å²) >= 11 is 0. The van der Waals surface area contributed by atoms with E-state index in [1.165, 1.54) is 34.3 Å². The Morgan fingerprint density at radius 2 is 1.15 bits per heavy atom. The second-order valence-electron chi connectivity index (χ2n) is 9.41. The van der Waals surface area contributed by atoms with Gasteiger partial charge >= 0.3 is 0 Å². The monoisotopic (exact) mass is 384 g/mol. The number of hydrogen-bond donors (Lipinski definition) is 0. The van der Waals surface area contributed by atoms with E-state index in [0.29, 0.717) is 0 Å². The first-order valence-electron chi connectivity index (χ1n) is 9.99. The van der Waals surface area contributed by atoms with Gasteiger partial charge in [0.05, 0.1) is 8.07 Å². The normalized spacial score (nSPS) is 27.0. The van der Waals surface area contributed by atoms with Crippen molar-refractivity contribution in [3.05, 3.63) is 83.9 Å². The Morgan fingerprint density at radius 1 is 0.704 bits per heavy atom. The molecule has 134 valence electrons. The third-order valence-electron chi connectivity index (χ3n) is 7.52. The molecule has 3 aromatic carbocycles. The molecule has 2 saturated heterocycles. The predicted molar refractivity (Wildman–Crippen MR) is 123 cm³/mol. The molecule has 1 aliphatic carbocycles. The molecule has 0 bridgehead atoms. The number of rotatable bonds is 2. The Hall–Kier alpha value is -1.82. The second kappa shape index (κ2) is 4.96. The van der Waals surface area contributed by atoms with Gasteiger partial charge in [-0.1, -0.05) is 91.8 Å². The van der Waals surface area contributed by atoms with Crippen LogP contribution in [0.1, 0.15) is 18.1 Å². The quantitative estimate of drug-likeness (QED) is 0.326. The topological polar surface area (TPSA) is 0 Å². The zero-order chi connectivity index (χ0) is 18.4. The summed E-state index contributed by atoms with van der Waals surface area (Å²) in [5.74, 6) is 0. The first-order chi connectivity index (χ1) is 13.0. The van der Waals surface area contributed by atoms with E-state index in [4.69, 9.17) is 0 Å². The van der Waals surface area contributed by atoms with E-state index in [0.717, 1.165) is 5.04 Å². The average molecular weight is 385 g/mol. The molecule has 6 rings (SSSR count). The summed E-state index contributed by atoms with van der Waals surface area (Å²) in [6.07, 6.45) is 0. The first-order valence-corrected chi connectivity index (χ1v) is 15.1. The highest BCUT2D eigenvalue weighted by Gasteiger charge is 2.82. The number of hydrogen-bond acceptors (Lipinski definition) is 0. The molecule has 0 nitrogen and oxygen atoms in total. The Bertz CT molecular complexity index is 1130. The van der Waals surface area contributed by atoms with E-state index in [-0.39, 0.29) is 0 Å². The summed E-state index contributed by atoms with van der Waals surface area (Å²) in [5, 5.41) is 5.84. The van der Waals surface area contributed by atoms with Gasteiger partial charge in [0.1, 0.15) is 0 Å². The lowest BCUT2D eigenvalue weighted by atomic mass is 10.1. The minimum atomic E-state index is -1.45. The van der Waals surface area contributed by atoms with Crippen LogP contribution in [0.4, 0.5) is 0 Å². The molecule has 0 spiro atoms. The van der Waals surface area contributed by atoms with Crippen molar-refractivity contribution in [1.29, 1.82) is 0 Å². The summed E-state index contributed by atoms with van der Waals surface area (Å²) in [6.45, 7) is 6.21. The summed E-state index contributed by atoms with van der Waals surface area (Å²) < 4.78 is 0. The van der Waals surface area contributed by atoms with Gasteiger partial charge in [0, 0.05) is 0 Å². The maximum atomic E-state index is 2.56. The molecule has 0 unspecified atom stereocenters. The number of benzene rings is 3. The van der Waals surface area contributed by atoms with E-state index in [9.17, 15) is 0 Å². The molecule has 3 aromatic rings. The van der Waals surface area contributed by atoms with Crippen LogP contribution in [0.5, 0.6) is 0 Å². The Labute approximate surface area is 163 Å². The van der Waals surface area contributed by atoms with Crippen molar-refractivity contribution in [3.8, 4) is 11.1 Å². The highest BCUT2D eigenvalue weighted by molar-refractivity contribution is 7.83. The van der Waals surface area contributed by atoms with Gasteiger partial charge < -0.3 is 0 Å². The lowest BCUT2D eigenvalue weighted by Crippen LogP contribution is -2.37. The van der Waals surface area contributed by atoms with Gasteiger partial charge in [-0.15, -0.1) is 0 Å². The summed E-state index contributed by atoms with van der Waals surface area (Å²) in [5.41, 5.74) is 5.79. The van der Waals surface area contributed by atoms with Crippen molar-refractivity contribution < 1.29 is 0 Å². The van der Waals surface area contributed by atoms with Crippen molar-refractivity contribution in [2.75, 3.05) is 13.3 Å². The fourth-order valence-electron chi connectivity index (χ4n) is 5.79. The molecule has 2 heterocycles. The molecule has 0 amide bonds. The smallest absolute Gasteiger partial charge is 0.0747 e. The Kier molecular flexibility index (Phi) is 2.97. The Morgan fingerprint density at radius 3 is 1.67 bits per heavy atom. The zero-order valence-electron chi connectivity index (χ0n) is 16.3. The third kappa shape index (κ3) is 1.95. The highest BCUT2D eigenvalue weighted by Crippen LogP contribution is 2.84. The van der Waals surface area contributed by atoms with Crippen LogP contribution in [-0.2, 0) is 0 Å². The fraction of sp³-hybridized carbons (Fsp3) is 0.240. The zero-order valence-corrected chi connectivity index (χ0v) is 18.2. The molecule has 2 fully saturated rings. The lowest BCUT2D eigenvalue weighted by molar-refractivity contribution is 0.925. The molecule has 2 heteroatoms. The van der Waals surface area contributed by atoms with Crippen LogP contribution in [0.2, 0.25) is 17.1 Å². The first kappa shape index (κ1) is 16.2. The van der Waals surface area contributed by atoms with Gasteiger partial charge in [0.25, 0.3) is 0 Å². The van der Waals surface area contributed by atoms with Crippen LogP contribution in [-0.4, -0.2) is 26.7 Å². The molecule has 0 aromatic heterocycles. The van der Waals surface area contributed by atoms with E-state index < -0.39 is 15.0 Å². The fourth-order valence-corrected chi connectivity index (χ4v) is 15.9. The molecule has 3 aliphatic rings. The van der Waals surface area contributed by atoms with Gasteiger partial charge in [-0.25, -0.2) is 0 Å². The SMILES string of the molecule is CC12C[Si]1(c1ccccc1P(C)(C)=C1c3ccccc3-c3ccccc31)C2.